The molecule has 3 aliphatic rings. The highest BCUT2D eigenvalue weighted by molar-refractivity contribution is 5.93. The summed E-state index contributed by atoms with van der Waals surface area (Å²) in [5, 5.41) is 28.2. The molecule has 1 aliphatic heterocycles. The van der Waals surface area contributed by atoms with Crippen molar-refractivity contribution in [3.05, 3.63) is 88.1 Å². The maximum Gasteiger partial charge on any atom is 0.248 e. The molecule has 3 unspecified atom stereocenters. The zero-order valence-electron chi connectivity index (χ0n) is 21.0. The third-order valence-electron chi connectivity index (χ3n) is 8.41. The van der Waals surface area contributed by atoms with Gasteiger partial charge in [-0.1, -0.05) is 18.7 Å². The highest BCUT2D eigenvalue weighted by atomic mass is 19.1. The number of rotatable bonds is 8. The van der Waals surface area contributed by atoms with Crippen molar-refractivity contribution in [2.45, 2.75) is 49.6 Å². The van der Waals surface area contributed by atoms with Gasteiger partial charge in [-0.05, 0) is 102 Å². The van der Waals surface area contributed by atoms with Gasteiger partial charge in [-0.15, -0.1) is 5.10 Å². The number of hydrogen-bond acceptors (Lipinski definition) is 7. The van der Waals surface area contributed by atoms with Gasteiger partial charge in [0.25, 0.3) is 0 Å². The summed E-state index contributed by atoms with van der Waals surface area (Å²) in [6.07, 6.45) is 3.83. The normalized spacial score (nSPS) is 25.1. The second kappa shape index (κ2) is 9.33. The predicted molar refractivity (Wildman–Crippen MR) is 137 cm³/mol. The number of aromatic amines is 1. The fourth-order valence-electron chi connectivity index (χ4n) is 6.58. The summed E-state index contributed by atoms with van der Waals surface area (Å²) in [6, 6.07) is 13.1. The average molecular weight is 513 g/mol. The van der Waals surface area contributed by atoms with Crippen LogP contribution in [0.4, 0.5) is 4.39 Å². The topological polar surface area (TPSA) is 137 Å². The van der Waals surface area contributed by atoms with E-state index in [4.69, 9.17) is 5.73 Å². The van der Waals surface area contributed by atoms with Gasteiger partial charge in [-0.2, -0.15) is 5.26 Å². The van der Waals surface area contributed by atoms with Crippen LogP contribution in [0.3, 0.4) is 0 Å². The van der Waals surface area contributed by atoms with Crippen LogP contribution in [0.25, 0.3) is 0 Å². The Morgan fingerprint density at radius 2 is 2.00 bits per heavy atom. The number of halogens is 1. The quantitative estimate of drug-likeness (QED) is 0.394. The number of nitriles is 1. The number of benzene rings is 2. The van der Waals surface area contributed by atoms with Gasteiger partial charge < -0.3 is 16.0 Å². The van der Waals surface area contributed by atoms with E-state index in [9.17, 15) is 14.4 Å². The van der Waals surface area contributed by atoms with Crippen LogP contribution in [0.1, 0.15) is 57.7 Å². The van der Waals surface area contributed by atoms with Crippen LogP contribution in [-0.2, 0) is 18.3 Å². The molecule has 38 heavy (non-hydrogen) atoms. The lowest BCUT2D eigenvalue weighted by atomic mass is 9.69. The lowest BCUT2D eigenvalue weighted by Crippen LogP contribution is -2.38. The summed E-state index contributed by atoms with van der Waals surface area (Å²) in [6.45, 7) is 5.40. The number of likely N-dealkylation sites (tertiary alicyclic amines) is 1. The van der Waals surface area contributed by atoms with Crippen LogP contribution in [0.5, 0.6) is 0 Å². The second-order valence-corrected chi connectivity index (χ2v) is 10.5. The van der Waals surface area contributed by atoms with Gasteiger partial charge in [0.1, 0.15) is 11.9 Å². The summed E-state index contributed by atoms with van der Waals surface area (Å²) in [5.41, 5.74) is 9.83. The molecule has 2 heterocycles. The fraction of sp³-hybridized carbons (Fsp3) is 0.393. The van der Waals surface area contributed by atoms with E-state index in [0.717, 1.165) is 40.8 Å². The smallest absolute Gasteiger partial charge is 0.248 e. The number of amides is 1. The third-order valence-corrected chi connectivity index (χ3v) is 8.41. The maximum absolute atomic E-state index is 14.4. The van der Waals surface area contributed by atoms with E-state index in [1.54, 1.807) is 12.1 Å². The van der Waals surface area contributed by atoms with Crippen LogP contribution in [-0.4, -0.2) is 56.6 Å². The molecular weight excluding hydrogens is 483 g/mol. The van der Waals surface area contributed by atoms with Crippen molar-refractivity contribution in [2.24, 2.45) is 11.7 Å². The van der Waals surface area contributed by atoms with Crippen molar-refractivity contribution in [1.82, 2.24) is 30.8 Å². The summed E-state index contributed by atoms with van der Waals surface area (Å²) in [7, 11) is 0. The van der Waals surface area contributed by atoms with Gasteiger partial charge in [0.15, 0.2) is 5.82 Å². The summed E-state index contributed by atoms with van der Waals surface area (Å²) >= 11 is 0. The number of aromatic nitrogens is 4. The first-order valence-corrected chi connectivity index (χ1v) is 12.9. The Morgan fingerprint density at radius 1 is 1.24 bits per heavy atom. The molecule has 2 fully saturated rings. The molecular formula is C28H29FN8O. The van der Waals surface area contributed by atoms with Crippen LogP contribution >= 0.6 is 0 Å². The van der Waals surface area contributed by atoms with Crippen molar-refractivity contribution >= 4 is 5.91 Å². The van der Waals surface area contributed by atoms with Gasteiger partial charge in [-0.25, -0.2) is 9.49 Å². The minimum Gasteiger partial charge on any atom is -0.366 e. The second-order valence-electron chi connectivity index (χ2n) is 10.5. The Labute approximate surface area is 219 Å². The standard InChI is InChI=1S/C28H29FN8O/c1-16(37-22(14-30)12-20-13-25(20)37)15-32-9-8-28(27-33-35-36-34-27)23-6-4-19(26(31)38)10-17(23)2-3-18-11-21(29)5-7-24(18)28/h4-7,10-11,20,22,25,32H,1-3,8-9,12-13,15H2,(H2,31,38)(H,33,34,35,36)/t20-,22?,25?,28?/m1/s1. The lowest BCUT2D eigenvalue weighted by Gasteiger charge is -2.35. The number of piperidine rings is 1. The van der Waals surface area contributed by atoms with Crippen molar-refractivity contribution in [3.63, 3.8) is 0 Å². The highest BCUT2D eigenvalue weighted by Crippen LogP contribution is 2.49. The van der Waals surface area contributed by atoms with Crippen LogP contribution in [0.15, 0.2) is 48.7 Å². The molecule has 10 heteroatoms. The zero-order chi connectivity index (χ0) is 26.4. The number of nitrogens with zero attached hydrogens (tertiary/aromatic N) is 5. The minimum absolute atomic E-state index is 0.102. The first-order chi connectivity index (χ1) is 18.4. The molecule has 4 atom stereocenters. The number of nitrogens with one attached hydrogen (secondary N) is 2. The third kappa shape index (κ3) is 3.94. The Balaban J connectivity index is 1.35. The highest BCUT2D eigenvalue weighted by Gasteiger charge is 2.52. The molecule has 1 aromatic heterocycles. The first kappa shape index (κ1) is 24.2. The number of tetrazole rings is 1. The molecule has 9 nitrogen and oxygen atoms in total. The maximum atomic E-state index is 14.4. The Kier molecular flexibility index (Phi) is 5.95. The molecule has 2 aromatic carbocycles. The van der Waals surface area contributed by atoms with Gasteiger partial charge >= 0.3 is 0 Å². The molecule has 4 N–H and O–H groups in total. The molecule has 0 radical (unpaired) electrons. The van der Waals surface area contributed by atoms with E-state index >= 15 is 0 Å². The van der Waals surface area contributed by atoms with Gasteiger partial charge in [0, 0.05) is 23.8 Å². The zero-order valence-corrected chi connectivity index (χ0v) is 21.0. The van der Waals surface area contributed by atoms with Crippen molar-refractivity contribution in [2.75, 3.05) is 13.1 Å². The van der Waals surface area contributed by atoms with Crippen LogP contribution in [0, 0.1) is 23.1 Å². The number of nitrogens with two attached hydrogens (primary N) is 1. The fourth-order valence-corrected chi connectivity index (χ4v) is 6.58. The largest absolute Gasteiger partial charge is 0.366 e. The van der Waals surface area contributed by atoms with Crippen LogP contribution < -0.4 is 11.1 Å². The molecule has 6 rings (SSSR count). The van der Waals surface area contributed by atoms with Gasteiger partial charge in [0.2, 0.25) is 5.91 Å². The average Bonchev–Trinajstić information content (AvgIpc) is 3.31. The number of H-pyrrole nitrogens is 1. The molecule has 194 valence electrons. The number of aryl methyl sites for hydroxylation is 2. The summed E-state index contributed by atoms with van der Waals surface area (Å²) < 4.78 is 14.4. The molecule has 3 aromatic rings. The Hall–Kier alpha value is -4.10. The summed E-state index contributed by atoms with van der Waals surface area (Å²) in [5.74, 6) is 0.361. The first-order valence-electron chi connectivity index (χ1n) is 12.9. The number of primary amides is 1. The SMILES string of the molecule is C=C(CNCCC1(c2nnn[nH]2)c2ccc(F)cc2CCc2cc(C(N)=O)ccc21)N1C(C#N)C[C@@H]2CC21. The number of carbonyl (C=O) groups excluding carboxylic acids is 1. The van der Waals surface area contributed by atoms with E-state index in [1.165, 1.54) is 6.07 Å². The van der Waals surface area contributed by atoms with Gasteiger partial charge in [0.05, 0.1) is 11.5 Å². The van der Waals surface area contributed by atoms with Crippen molar-refractivity contribution in [1.29, 1.82) is 5.26 Å². The van der Waals surface area contributed by atoms with E-state index in [1.807, 2.05) is 18.2 Å². The molecule has 1 saturated carbocycles. The number of hydrogen-bond donors (Lipinski definition) is 3. The molecule has 2 aliphatic carbocycles. The van der Waals surface area contributed by atoms with E-state index in [-0.39, 0.29) is 11.9 Å². The minimum atomic E-state index is -0.812. The van der Waals surface area contributed by atoms with E-state index in [0.29, 0.717) is 55.7 Å². The molecule has 1 saturated heterocycles. The Morgan fingerprint density at radius 3 is 2.71 bits per heavy atom. The monoisotopic (exact) mass is 512 g/mol. The predicted octanol–water partition coefficient (Wildman–Crippen LogP) is 2.35. The molecule has 0 bridgehead atoms. The number of carbonyl (C=O) groups is 1. The van der Waals surface area contributed by atoms with Crippen molar-refractivity contribution in [3.8, 4) is 6.07 Å². The van der Waals surface area contributed by atoms with Crippen molar-refractivity contribution < 1.29 is 9.18 Å². The molecule has 0 spiro atoms. The van der Waals surface area contributed by atoms with Crippen LogP contribution in [0.2, 0.25) is 0 Å². The number of fused-ring (bicyclic) bond motifs is 3. The lowest BCUT2D eigenvalue weighted by molar-refractivity contribution is 0.1000. The summed E-state index contributed by atoms with van der Waals surface area (Å²) in [4.78, 5) is 14.2. The molecule has 1 amide bonds. The Bertz CT molecular complexity index is 1450. The van der Waals surface area contributed by atoms with E-state index in [2.05, 4.69) is 43.5 Å². The van der Waals surface area contributed by atoms with Gasteiger partial charge in [-0.3, -0.25) is 4.79 Å². The van der Waals surface area contributed by atoms with E-state index < -0.39 is 11.3 Å².